The number of methoxy groups -OCH3 is 2. The number of nitrogens with zero attached hydrogens (tertiary/aromatic N) is 1. The molecule has 0 fully saturated rings. The van der Waals surface area contributed by atoms with Gasteiger partial charge in [0.05, 0.1) is 24.0 Å². The van der Waals surface area contributed by atoms with Crippen molar-refractivity contribution in [1.29, 1.82) is 0 Å². The second kappa shape index (κ2) is 11.8. The van der Waals surface area contributed by atoms with E-state index in [9.17, 15) is 9.59 Å². The third-order valence-electron chi connectivity index (χ3n) is 4.03. The number of nitrogens with one attached hydrogen (secondary N) is 2. The summed E-state index contributed by atoms with van der Waals surface area (Å²) < 4.78 is 16.7. The SMILES string of the molecule is C#CCOc1c(I)cc(C=NNC(=O)C(C)NC(=O)c2ccc(OC)cc2)cc1OC. The Bertz CT molecular complexity index is 999. The van der Waals surface area contributed by atoms with Crippen molar-refractivity contribution in [2.75, 3.05) is 20.8 Å². The molecule has 1 unspecified atom stereocenters. The Kier molecular flexibility index (Phi) is 9.14. The van der Waals surface area contributed by atoms with Gasteiger partial charge in [-0.25, -0.2) is 5.43 Å². The second-order valence-corrected chi connectivity index (χ2v) is 7.35. The van der Waals surface area contributed by atoms with Gasteiger partial charge >= 0.3 is 0 Å². The van der Waals surface area contributed by atoms with Crippen LogP contribution in [0, 0.1) is 15.9 Å². The van der Waals surface area contributed by atoms with Crippen molar-refractivity contribution in [3.63, 3.8) is 0 Å². The molecule has 162 valence electrons. The van der Waals surface area contributed by atoms with Gasteiger partial charge in [-0.1, -0.05) is 5.92 Å². The monoisotopic (exact) mass is 535 g/mol. The Morgan fingerprint density at radius 2 is 1.94 bits per heavy atom. The van der Waals surface area contributed by atoms with Crippen molar-refractivity contribution in [1.82, 2.24) is 10.7 Å². The molecule has 0 radical (unpaired) electrons. The first-order valence-corrected chi connectivity index (χ1v) is 10.2. The zero-order chi connectivity index (χ0) is 22.8. The van der Waals surface area contributed by atoms with Gasteiger partial charge in [-0.05, 0) is 71.5 Å². The molecule has 8 nitrogen and oxygen atoms in total. The molecule has 0 aliphatic heterocycles. The highest BCUT2D eigenvalue weighted by Crippen LogP contribution is 2.33. The molecule has 0 spiro atoms. The molecule has 2 amide bonds. The summed E-state index contributed by atoms with van der Waals surface area (Å²) in [4.78, 5) is 24.5. The number of carbonyl (C=O) groups is 2. The Hall–Kier alpha value is -3.26. The fourth-order valence-corrected chi connectivity index (χ4v) is 3.20. The zero-order valence-electron chi connectivity index (χ0n) is 17.3. The Balaban J connectivity index is 1.97. The number of benzene rings is 2. The fourth-order valence-electron chi connectivity index (χ4n) is 2.42. The van der Waals surface area contributed by atoms with E-state index in [4.69, 9.17) is 20.6 Å². The molecule has 0 saturated heterocycles. The maximum atomic E-state index is 12.3. The Labute approximate surface area is 194 Å². The zero-order valence-corrected chi connectivity index (χ0v) is 19.4. The van der Waals surface area contributed by atoms with E-state index in [1.807, 2.05) is 0 Å². The van der Waals surface area contributed by atoms with Crippen molar-refractivity contribution in [2.24, 2.45) is 5.10 Å². The molecule has 1 atom stereocenters. The van der Waals surface area contributed by atoms with Crippen molar-refractivity contribution in [3.8, 4) is 29.6 Å². The summed E-state index contributed by atoms with van der Waals surface area (Å²) in [5, 5.41) is 6.57. The van der Waals surface area contributed by atoms with Crippen LogP contribution in [-0.2, 0) is 4.79 Å². The van der Waals surface area contributed by atoms with E-state index < -0.39 is 11.9 Å². The molecule has 0 aliphatic carbocycles. The van der Waals surface area contributed by atoms with E-state index in [2.05, 4.69) is 44.4 Å². The van der Waals surface area contributed by atoms with Crippen molar-refractivity contribution < 1.29 is 23.8 Å². The lowest BCUT2D eigenvalue weighted by atomic mass is 10.2. The standard InChI is InChI=1S/C22H22IN3O5/c1-5-10-31-20-18(23)11-15(12-19(20)30-4)13-24-26-21(27)14(2)25-22(28)16-6-8-17(29-3)9-7-16/h1,6-9,11-14H,10H2,2-4H3,(H,25,28)(H,26,27). The van der Waals surface area contributed by atoms with Crippen LogP contribution in [0.2, 0.25) is 0 Å². The number of carbonyl (C=O) groups excluding carboxylic acids is 2. The van der Waals surface area contributed by atoms with Crippen LogP contribution in [-0.4, -0.2) is 44.9 Å². The molecule has 0 saturated carbocycles. The summed E-state index contributed by atoms with van der Waals surface area (Å²) in [5.74, 6) is 3.23. The van der Waals surface area contributed by atoms with Crippen LogP contribution in [0.25, 0.3) is 0 Å². The normalized spacial score (nSPS) is 11.3. The van der Waals surface area contributed by atoms with E-state index in [-0.39, 0.29) is 12.5 Å². The van der Waals surface area contributed by atoms with Gasteiger partial charge in [-0.3, -0.25) is 9.59 Å². The van der Waals surface area contributed by atoms with E-state index in [1.165, 1.54) is 13.3 Å². The third-order valence-corrected chi connectivity index (χ3v) is 4.83. The molecule has 2 N–H and O–H groups in total. The van der Waals surface area contributed by atoms with Crippen LogP contribution >= 0.6 is 22.6 Å². The van der Waals surface area contributed by atoms with Crippen LogP contribution < -0.4 is 25.0 Å². The van der Waals surface area contributed by atoms with Crippen molar-refractivity contribution in [2.45, 2.75) is 13.0 Å². The van der Waals surface area contributed by atoms with Crippen LogP contribution in [0.5, 0.6) is 17.2 Å². The number of halogens is 1. The topological polar surface area (TPSA) is 98.2 Å². The Morgan fingerprint density at radius 1 is 1.23 bits per heavy atom. The highest BCUT2D eigenvalue weighted by molar-refractivity contribution is 14.1. The van der Waals surface area contributed by atoms with Gasteiger partial charge in [0.1, 0.15) is 18.4 Å². The highest BCUT2D eigenvalue weighted by atomic mass is 127. The van der Waals surface area contributed by atoms with E-state index in [0.717, 1.165) is 3.57 Å². The first-order valence-electron chi connectivity index (χ1n) is 9.11. The molecular weight excluding hydrogens is 513 g/mol. The maximum absolute atomic E-state index is 12.3. The second-order valence-electron chi connectivity index (χ2n) is 6.18. The van der Waals surface area contributed by atoms with Crippen LogP contribution in [0.15, 0.2) is 41.5 Å². The lowest BCUT2D eigenvalue weighted by molar-refractivity contribution is -0.122. The number of hydrogen-bond acceptors (Lipinski definition) is 6. The summed E-state index contributed by atoms with van der Waals surface area (Å²) >= 11 is 2.10. The minimum atomic E-state index is -0.791. The van der Waals surface area contributed by atoms with Gasteiger partial charge in [-0.15, -0.1) is 6.42 Å². The third kappa shape index (κ3) is 6.89. The van der Waals surface area contributed by atoms with Crippen LogP contribution in [0.4, 0.5) is 0 Å². The van der Waals surface area contributed by atoms with Gasteiger partial charge in [0.2, 0.25) is 0 Å². The van der Waals surface area contributed by atoms with Crippen molar-refractivity contribution >= 4 is 40.6 Å². The molecule has 2 rings (SSSR count). The summed E-state index contributed by atoms with van der Waals surface area (Å²) in [7, 11) is 3.06. The van der Waals surface area contributed by atoms with E-state index in [0.29, 0.717) is 28.4 Å². The summed E-state index contributed by atoms with van der Waals surface area (Å²) in [6.45, 7) is 1.69. The molecule has 2 aromatic rings. The lowest BCUT2D eigenvalue weighted by Crippen LogP contribution is -2.43. The highest BCUT2D eigenvalue weighted by Gasteiger charge is 2.16. The predicted molar refractivity (Wildman–Crippen MR) is 126 cm³/mol. The van der Waals surface area contributed by atoms with E-state index >= 15 is 0 Å². The number of terminal acetylenes is 1. The largest absolute Gasteiger partial charge is 0.497 e. The maximum Gasteiger partial charge on any atom is 0.262 e. The fraction of sp³-hybridized carbons (Fsp3) is 0.227. The first kappa shape index (κ1) is 24.0. The number of hydrazone groups is 1. The Morgan fingerprint density at radius 3 is 2.55 bits per heavy atom. The lowest BCUT2D eigenvalue weighted by Gasteiger charge is -2.13. The molecule has 0 heterocycles. The van der Waals surface area contributed by atoms with Gasteiger partial charge < -0.3 is 19.5 Å². The van der Waals surface area contributed by atoms with Crippen LogP contribution in [0.3, 0.4) is 0 Å². The summed E-state index contributed by atoms with van der Waals surface area (Å²) in [6.07, 6.45) is 6.69. The minimum absolute atomic E-state index is 0.121. The van der Waals surface area contributed by atoms with Crippen LogP contribution in [0.1, 0.15) is 22.8 Å². The molecular formula is C22H22IN3O5. The minimum Gasteiger partial charge on any atom is -0.497 e. The van der Waals surface area contributed by atoms with Crippen molar-refractivity contribution in [3.05, 3.63) is 51.1 Å². The summed E-state index contributed by atoms with van der Waals surface area (Å²) in [5.41, 5.74) is 3.51. The smallest absolute Gasteiger partial charge is 0.262 e. The molecule has 0 bridgehead atoms. The van der Waals surface area contributed by atoms with Gasteiger partial charge in [0.25, 0.3) is 11.8 Å². The van der Waals surface area contributed by atoms with Gasteiger partial charge in [0.15, 0.2) is 11.5 Å². The molecule has 9 heteroatoms. The molecule has 0 aromatic heterocycles. The van der Waals surface area contributed by atoms with Gasteiger partial charge in [0, 0.05) is 5.56 Å². The molecule has 2 aromatic carbocycles. The molecule has 31 heavy (non-hydrogen) atoms. The number of hydrogen-bond donors (Lipinski definition) is 2. The summed E-state index contributed by atoms with van der Waals surface area (Å²) in [6, 6.07) is 9.29. The average Bonchev–Trinajstić information content (AvgIpc) is 2.77. The molecule has 0 aliphatic rings. The number of amides is 2. The predicted octanol–water partition coefficient (Wildman–Crippen LogP) is 2.59. The number of rotatable bonds is 9. The quantitative estimate of drug-likeness (QED) is 0.223. The first-order chi connectivity index (χ1) is 14.9. The average molecular weight is 535 g/mol. The van der Waals surface area contributed by atoms with Gasteiger partial charge in [-0.2, -0.15) is 5.10 Å². The number of ether oxygens (including phenoxy) is 3. The van der Waals surface area contributed by atoms with E-state index in [1.54, 1.807) is 50.4 Å².